The van der Waals surface area contributed by atoms with Gasteiger partial charge >= 0.3 is 0 Å². The first kappa shape index (κ1) is 27.2. The lowest BCUT2D eigenvalue weighted by molar-refractivity contribution is -0.117. The maximum atomic E-state index is 13.4. The highest BCUT2D eigenvalue weighted by Gasteiger charge is 2.30. The summed E-state index contributed by atoms with van der Waals surface area (Å²) in [5.41, 5.74) is 3.12. The molecule has 1 aliphatic carbocycles. The summed E-state index contributed by atoms with van der Waals surface area (Å²) in [5, 5.41) is 5.86. The zero-order chi connectivity index (χ0) is 28.1. The number of benzene rings is 3. The van der Waals surface area contributed by atoms with Crippen LogP contribution in [0.2, 0.25) is 0 Å². The Morgan fingerprint density at radius 3 is 2.38 bits per heavy atom. The molecule has 0 spiro atoms. The van der Waals surface area contributed by atoms with Gasteiger partial charge in [0.25, 0.3) is 11.8 Å². The number of hydrogen-bond donors (Lipinski definition) is 2. The first-order valence-electron chi connectivity index (χ1n) is 13.6. The number of hydrogen-bond acceptors (Lipinski definition) is 5. The number of carbonyl (C=O) groups is 3. The van der Waals surface area contributed by atoms with E-state index in [1.165, 1.54) is 12.1 Å². The third kappa shape index (κ3) is 6.59. The van der Waals surface area contributed by atoms with Gasteiger partial charge in [-0.15, -0.1) is 0 Å². The lowest BCUT2D eigenvalue weighted by Crippen LogP contribution is -2.36. The lowest BCUT2D eigenvalue weighted by atomic mass is 10.1. The van der Waals surface area contributed by atoms with Crippen LogP contribution in [0.5, 0.6) is 5.75 Å². The van der Waals surface area contributed by atoms with E-state index in [0.29, 0.717) is 48.7 Å². The predicted octanol–water partition coefficient (Wildman–Crippen LogP) is 4.47. The van der Waals surface area contributed by atoms with E-state index in [1.807, 2.05) is 17.0 Å². The molecule has 1 saturated heterocycles. The van der Waals surface area contributed by atoms with Crippen molar-refractivity contribution in [3.05, 3.63) is 89.2 Å². The fraction of sp³-hybridized carbons (Fsp3) is 0.323. The van der Waals surface area contributed by atoms with Gasteiger partial charge in [0, 0.05) is 55.6 Å². The molecule has 5 rings (SSSR count). The van der Waals surface area contributed by atoms with Gasteiger partial charge in [-0.3, -0.25) is 14.4 Å². The van der Waals surface area contributed by atoms with Crippen LogP contribution in [0.1, 0.15) is 45.5 Å². The quantitative estimate of drug-likeness (QED) is 0.437. The Morgan fingerprint density at radius 1 is 0.925 bits per heavy atom. The fourth-order valence-corrected chi connectivity index (χ4v) is 4.82. The van der Waals surface area contributed by atoms with Crippen LogP contribution in [0.15, 0.2) is 66.7 Å². The molecule has 3 aromatic rings. The second-order valence-corrected chi connectivity index (χ2v) is 10.2. The molecule has 2 fully saturated rings. The van der Waals surface area contributed by atoms with E-state index in [4.69, 9.17) is 4.74 Å². The van der Waals surface area contributed by atoms with Gasteiger partial charge in [0.15, 0.2) is 0 Å². The van der Waals surface area contributed by atoms with Crippen LogP contribution < -0.4 is 20.3 Å². The molecule has 9 heteroatoms. The minimum Gasteiger partial charge on any atom is -0.497 e. The van der Waals surface area contributed by atoms with E-state index in [0.717, 1.165) is 30.5 Å². The molecule has 0 aromatic heterocycles. The first-order chi connectivity index (χ1) is 19.4. The molecule has 3 amide bonds. The summed E-state index contributed by atoms with van der Waals surface area (Å²) in [5.74, 6) is 0.0260. The normalized spacial score (nSPS) is 15.2. The highest BCUT2D eigenvalue weighted by atomic mass is 19.1. The third-order valence-corrected chi connectivity index (χ3v) is 7.28. The molecular weight excluding hydrogens is 511 g/mol. The summed E-state index contributed by atoms with van der Waals surface area (Å²) in [6.45, 7) is 2.55. The van der Waals surface area contributed by atoms with Gasteiger partial charge in [-0.25, -0.2) is 4.39 Å². The number of nitrogens with one attached hydrogen (secondary N) is 2. The van der Waals surface area contributed by atoms with Crippen LogP contribution in [0.25, 0.3) is 0 Å². The van der Waals surface area contributed by atoms with Crippen LogP contribution >= 0.6 is 0 Å². The van der Waals surface area contributed by atoms with Crippen molar-refractivity contribution >= 4 is 29.1 Å². The van der Waals surface area contributed by atoms with E-state index in [9.17, 15) is 18.8 Å². The number of halogens is 1. The standard InChI is InChI=1S/C31H33FN4O4/c1-40-26-12-7-23(8-13-26)31(39)36-16-2-15-35(17-18-36)28-14-11-25(34-29(37)22-5-6-22)19-27(28)30(38)33-20-21-3-9-24(32)10-4-21/h3-4,7-14,19,22H,2,5-6,15-18,20H2,1H3,(H,33,38)(H,34,37). The number of ether oxygens (including phenoxy) is 1. The minimum atomic E-state index is -0.336. The summed E-state index contributed by atoms with van der Waals surface area (Å²) < 4.78 is 18.5. The van der Waals surface area contributed by atoms with E-state index in [1.54, 1.807) is 49.6 Å². The summed E-state index contributed by atoms with van der Waals surface area (Å²) in [6, 6.07) is 18.4. The van der Waals surface area contributed by atoms with Crippen molar-refractivity contribution in [2.75, 3.05) is 43.5 Å². The highest BCUT2D eigenvalue weighted by Crippen LogP contribution is 2.31. The molecule has 1 saturated carbocycles. The first-order valence-corrected chi connectivity index (χ1v) is 13.6. The van der Waals surface area contributed by atoms with Gasteiger partial charge in [0.1, 0.15) is 11.6 Å². The van der Waals surface area contributed by atoms with Gasteiger partial charge < -0.3 is 25.2 Å². The average molecular weight is 545 g/mol. The van der Waals surface area contributed by atoms with Crippen molar-refractivity contribution in [2.24, 2.45) is 5.92 Å². The van der Waals surface area contributed by atoms with Gasteiger partial charge in [0.05, 0.1) is 12.7 Å². The van der Waals surface area contributed by atoms with Crippen molar-refractivity contribution in [1.29, 1.82) is 0 Å². The lowest BCUT2D eigenvalue weighted by Gasteiger charge is -2.26. The van der Waals surface area contributed by atoms with Crippen molar-refractivity contribution in [1.82, 2.24) is 10.2 Å². The second kappa shape index (κ2) is 12.2. The Hall–Kier alpha value is -4.40. The van der Waals surface area contributed by atoms with Gasteiger partial charge in [-0.1, -0.05) is 12.1 Å². The van der Waals surface area contributed by atoms with E-state index in [2.05, 4.69) is 15.5 Å². The maximum Gasteiger partial charge on any atom is 0.253 e. The third-order valence-electron chi connectivity index (χ3n) is 7.28. The smallest absolute Gasteiger partial charge is 0.253 e. The predicted molar refractivity (Wildman–Crippen MR) is 151 cm³/mol. The monoisotopic (exact) mass is 544 g/mol. The number of carbonyl (C=O) groups excluding carboxylic acids is 3. The van der Waals surface area contributed by atoms with Gasteiger partial charge in [-0.2, -0.15) is 0 Å². The zero-order valence-corrected chi connectivity index (χ0v) is 22.5. The topological polar surface area (TPSA) is 91.0 Å². The number of nitrogens with zero attached hydrogens (tertiary/aromatic N) is 2. The second-order valence-electron chi connectivity index (χ2n) is 10.2. The Bertz CT molecular complexity index is 1370. The van der Waals surface area contributed by atoms with Crippen LogP contribution in [-0.2, 0) is 11.3 Å². The molecule has 40 heavy (non-hydrogen) atoms. The Balaban J connectivity index is 1.32. The SMILES string of the molecule is COc1ccc(C(=O)N2CCCN(c3ccc(NC(=O)C4CC4)cc3C(=O)NCc3ccc(F)cc3)CC2)cc1. The highest BCUT2D eigenvalue weighted by molar-refractivity contribution is 6.02. The van der Waals surface area contributed by atoms with Crippen molar-refractivity contribution in [3.8, 4) is 5.75 Å². The summed E-state index contributed by atoms with van der Waals surface area (Å²) in [7, 11) is 1.59. The summed E-state index contributed by atoms with van der Waals surface area (Å²) in [4.78, 5) is 42.9. The van der Waals surface area contributed by atoms with E-state index in [-0.39, 0.29) is 36.0 Å². The van der Waals surface area contributed by atoms with Gasteiger partial charge in [-0.05, 0) is 79.4 Å². The van der Waals surface area contributed by atoms with Crippen molar-refractivity contribution in [3.63, 3.8) is 0 Å². The molecule has 0 unspecified atom stereocenters. The Morgan fingerprint density at radius 2 is 1.68 bits per heavy atom. The average Bonchev–Trinajstić information content (AvgIpc) is 3.84. The van der Waals surface area contributed by atoms with Crippen LogP contribution in [-0.4, -0.2) is 55.9 Å². The molecule has 1 heterocycles. The molecule has 208 valence electrons. The van der Waals surface area contributed by atoms with E-state index < -0.39 is 0 Å². The van der Waals surface area contributed by atoms with Crippen LogP contribution in [0.4, 0.5) is 15.8 Å². The molecule has 2 aliphatic rings. The summed E-state index contributed by atoms with van der Waals surface area (Å²) in [6.07, 6.45) is 2.50. The van der Waals surface area contributed by atoms with Gasteiger partial charge in [0.2, 0.25) is 5.91 Å². The molecular formula is C31H33FN4O4. The number of amides is 3. The molecule has 3 aromatic carbocycles. The van der Waals surface area contributed by atoms with Crippen molar-refractivity contribution < 1.29 is 23.5 Å². The molecule has 0 bridgehead atoms. The molecule has 1 aliphatic heterocycles. The van der Waals surface area contributed by atoms with Crippen molar-refractivity contribution in [2.45, 2.75) is 25.8 Å². The molecule has 2 N–H and O–H groups in total. The molecule has 0 radical (unpaired) electrons. The minimum absolute atomic E-state index is 0.0344. The van der Waals surface area contributed by atoms with Crippen LogP contribution in [0.3, 0.4) is 0 Å². The molecule has 0 atom stereocenters. The fourth-order valence-electron chi connectivity index (χ4n) is 4.82. The largest absolute Gasteiger partial charge is 0.497 e. The number of rotatable bonds is 8. The Labute approximate surface area is 233 Å². The van der Waals surface area contributed by atoms with E-state index >= 15 is 0 Å². The number of anilines is 2. The number of methoxy groups -OCH3 is 1. The van der Waals surface area contributed by atoms with Crippen LogP contribution in [0, 0.1) is 11.7 Å². The molecule has 8 nitrogen and oxygen atoms in total. The summed E-state index contributed by atoms with van der Waals surface area (Å²) >= 11 is 0. The maximum absolute atomic E-state index is 13.4. The zero-order valence-electron chi connectivity index (χ0n) is 22.5. The Kier molecular flexibility index (Phi) is 8.28.